The zero-order valence-electron chi connectivity index (χ0n) is 16.2. The van der Waals surface area contributed by atoms with Crippen molar-refractivity contribution in [2.45, 2.75) is 19.4 Å². The fraction of sp³-hybridized carbons (Fsp3) is 0.421. The van der Waals surface area contributed by atoms with E-state index in [2.05, 4.69) is 16.4 Å². The van der Waals surface area contributed by atoms with Crippen molar-refractivity contribution in [1.29, 1.82) is 10.5 Å². The number of amides is 3. The molecule has 0 saturated heterocycles. The Morgan fingerprint density at radius 1 is 1.34 bits per heavy atom. The number of fused-ring (bicyclic) bond motifs is 1. The van der Waals surface area contributed by atoms with Crippen LogP contribution in [0.4, 0.5) is 10.5 Å². The lowest BCUT2D eigenvalue weighted by Crippen LogP contribution is -2.60. The van der Waals surface area contributed by atoms with Crippen LogP contribution < -0.4 is 11.1 Å². The number of benzene rings is 1. The van der Waals surface area contributed by atoms with Crippen LogP contribution in [0.5, 0.6) is 0 Å². The third kappa shape index (κ3) is 2.66. The highest BCUT2D eigenvalue weighted by atomic mass is 35.5. The predicted molar refractivity (Wildman–Crippen MR) is 106 cm³/mol. The van der Waals surface area contributed by atoms with E-state index >= 15 is 0 Å². The molecule has 1 aromatic rings. The van der Waals surface area contributed by atoms with Gasteiger partial charge in [0.2, 0.25) is 0 Å². The normalized spacial score (nSPS) is 30.3. The van der Waals surface area contributed by atoms with Crippen LogP contribution in [-0.2, 0) is 4.79 Å². The van der Waals surface area contributed by atoms with Crippen LogP contribution in [0.1, 0.15) is 13.3 Å². The molecule has 1 aliphatic carbocycles. The summed E-state index contributed by atoms with van der Waals surface area (Å²) in [5, 5.41) is 26.0. The SMILES string of the molecule is C[C@@H]1C[C@H](N(C(=O)Nc2cccc(Cl)c2)N(C)C)[C@@]2(C#N)C(=O)N=C(N)[C@]12C#N. The first-order chi connectivity index (χ1) is 13.6. The molecule has 3 amide bonds. The molecular formula is C19H20ClN7O2. The highest BCUT2D eigenvalue weighted by Gasteiger charge is 2.76. The van der Waals surface area contributed by atoms with Gasteiger partial charge >= 0.3 is 6.03 Å². The molecule has 3 rings (SSSR count). The Balaban J connectivity index is 2.07. The maximum absolute atomic E-state index is 13.1. The third-order valence-corrected chi connectivity index (χ3v) is 6.00. The molecule has 10 heteroatoms. The van der Waals surface area contributed by atoms with Gasteiger partial charge in [0, 0.05) is 24.8 Å². The fourth-order valence-corrected chi connectivity index (χ4v) is 4.68. The minimum Gasteiger partial charge on any atom is -0.386 e. The maximum Gasteiger partial charge on any atom is 0.336 e. The molecule has 3 N–H and O–H groups in total. The predicted octanol–water partition coefficient (Wildman–Crippen LogP) is 1.98. The Morgan fingerprint density at radius 2 is 2.00 bits per heavy atom. The van der Waals surface area contributed by atoms with Crippen LogP contribution in [0, 0.1) is 39.4 Å². The van der Waals surface area contributed by atoms with E-state index < -0.39 is 34.7 Å². The van der Waals surface area contributed by atoms with Gasteiger partial charge in [-0.1, -0.05) is 24.6 Å². The number of nitrogens with two attached hydrogens (primary N) is 1. The number of anilines is 1. The second kappa shape index (κ2) is 7.03. The Hall–Kier alpha value is -3.14. The summed E-state index contributed by atoms with van der Waals surface area (Å²) in [7, 11) is 3.23. The number of nitrogens with one attached hydrogen (secondary N) is 1. The van der Waals surface area contributed by atoms with Crippen molar-refractivity contribution in [1.82, 2.24) is 10.0 Å². The number of hydrazine groups is 1. The molecule has 0 spiro atoms. The highest BCUT2D eigenvalue weighted by Crippen LogP contribution is 2.61. The van der Waals surface area contributed by atoms with Crippen molar-refractivity contribution < 1.29 is 9.59 Å². The first kappa shape index (κ1) is 20.6. The summed E-state index contributed by atoms with van der Waals surface area (Å²) in [4.78, 5) is 29.8. The summed E-state index contributed by atoms with van der Waals surface area (Å²) in [6, 6.07) is 9.19. The standard InChI is InChI=1S/C19H20ClN7O2/c1-11-7-14(19(10-22)16(28)25-15(23)18(11,19)9-21)27(26(2)3)17(29)24-13-6-4-5-12(20)8-13/h4-6,8,11,14H,7H2,1-3H3,(H,24,29)(H2,23,25,28)/t11-,14+,18+,19+/m1/s1. The molecule has 0 aromatic heterocycles. The smallest absolute Gasteiger partial charge is 0.336 e. The second-order valence-corrected chi connectivity index (χ2v) is 7.86. The molecule has 1 fully saturated rings. The van der Waals surface area contributed by atoms with Gasteiger partial charge in [0.1, 0.15) is 11.3 Å². The van der Waals surface area contributed by atoms with E-state index in [0.717, 1.165) is 0 Å². The molecule has 1 aliphatic heterocycles. The summed E-state index contributed by atoms with van der Waals surface area (Å²) >= 11 is 5.98. The summed E-state index contributed by atoms with van der Waals surface area (Å²) in [6.07, 6.45) is 0.226. The summed E-state index contributed by atoms with van der Waals surface area (Å²) in [5.74, 6) is -1.43. The van der Waals surface area contributed by atoms with Gasteiger partial charge in [0.15, 0.2) is 5.41 Å². The average molecular weight is 414 g/mol. The molecule has 150 valence electrons. The number of nitriles is 2. The summed E-state index contributed by atoms with van der Waals surface area (Å²) in [5.41, 5.74) is 2.94. The van der Waals surface area contributed by atoms with Crippen molar-refractivity contribution in [3.05, 3.63) is 29.3 Å². The van der Waals surface area contributed by atoms with Crippen molar-refractivity contribution in [3.63, 3.8) is 0 Å². The van der Waals surface area contributed by atoms with E-state index in [1.54, 1.807) is 45.3 Å². The Kier molecular flexibility index (Phi) is 4.99. The van der Waals surface area contributed by atoms with Crippen LogP contribution in [0.25, 0.3) is 0 Å². The Morgan fingerprint density at radius 3 is 2.55 bits per heavy atom. The average Bonchev–Trinajstić information content (AvgIpc) is 3.03. The number of hydrogen-bond acceptors (Lipinski definition) is 6. The molecule has 9 nitrogen and oxygen atoms in total. The number of aliphatic imine (C=N–C) groups is 1. The molecule has 29 heavy (non-hydrogen) atoms. The minimum absolute atomic E-state index is 0.171. The number of rotatable bonds is 3. The molecule has 4 atom stereocenters. The van der Waals surface area contributed by atoms with Gasteiger partial charge in [-0.05, 0) is 30.5 Å². The lowest BCUT2D eigenvalue weighted by atomic mass is 9.63. The summed E-state index contributed by atoms with van der Waals surface area (Å²) < 4.78 is 0. The number of carbonyl (C=O) groups excluding carboxylic acids is 2. The van der Waals surface area contributed by atoms with Crippen molar-refractivity contribution in [2.75, 3.05) is 19.4 Å². The molecule has 1 saturated carbocycles. The Bertz CT molecular complexity index is 995. The van der Waals surface area contributed by atoms with Gasteiger partial charge < -0.3 is 11.1 Å². The van der Waals surface area contributed by atoms with Gasteiger partial charge in [-0.25, -0.2) is 9.80 Å². The van der Waals surface area contributed by atoms with Crippen molar-refractivity contribution in [2.24, 2.45) is 27.5 Å². The van der Waals surface area contributed by atoms with Crippen LogP contribution in [-0.4, -0.2) is 47.9 Å². The number of amidine groups is 1. The largest absolute Gasteiger partial charge is 0.386 e. The van der Waals surface area contributed by atoms with E-state index in [0.29, 0.717) is 10.7 Å². The third-order valence-electron chi connectivity index (χ3n) is 5.76. The van der Waals surface area contributed by atoms with Crippen LogP contribution in [0.15, 0.2) is 29.3 Å². The number of urea groups is 1. The van der Waals surface area contributed by atoms with Gasteiger partial charge in [0.25, 0.3) is 5.91 Å². The fourth-order valence-electron chi connectivity index (χ4n) is 4.49. The van der Waals surface area contributed by atoms with Crippen molar-refractivity contribution >= 4 is 35.1 Å². The van der Waals surface area contributed by atoms with E-state index in [-0.39, 0.29) is 12.3 Å². The topological polar surface area (TPSA) is 139 Å². The van der Waals surface area contributed by atoms with Crippen molar-refractivity contribution in [3.8, 4) is 12.1 Å². The molecule has 1 aromatic carbocycles. The first-order valence-electron chi connectivity index (χ1n) is 8.90. The quantitative estimate of drug-likeness (QED) is 0.726. The zero-order chi connectivity index (χ0) is 21.6. The van der Waals surface area contributed by atoms with Gasteiger partial charge in [-0.15, -0.1) is 0 Å². The molecular weight excluding hydrogens is 394 g/mol. The summed E-state index contributed by atoms with van der Waals surface area (Å²) in [6.45, 7) is 1.74. The Labute approximate surface area is 173 Å². The van der Waals surface area contributed by atoms with Crippen LogP contribution in [0.2, 0.25) is 5.02 Å². The second-order valence-electron chi connectivity index (χ2n) is 7.43. The van der Waals surface area contributed by atoms with E-state index in [1.807, 2.05) is 6.07 Å². The monoisotopic (exact) mass is 413 g/mol. The maximum atomic E-state index is 13.1. The van der Waals surface area contributed by atoms with Crippen LogP contribution >= 0.6 is 11.6 Å². The van der Waals surface area contributed by atoms with Crippen LogP contribution in [0.3, 0.4) is 0 Å². The number of halogens is 1. The van der Waals surface area contributed by atoms with E-state index in [4.69, 9.17) is 17.3 Å². The van der Waals surface area contributed by atoms with E-state index in [9.17, 15) is 20.1 Å². The first-order valence-corrected chi connectivity index (χ1v) is 9.28. The van der Waals surface area contributed by atoms with E-state index in [1.165, 1.54) is 10.0 Å². The molecule has 0 bridgehead atoms. The number of hydrogen-bond donors (Lipinski definition) is 2. The number of carbonyl (C=O) groups is 2. The lowest BCUT2D eigenvalue weighted by molar-refractivity contribution is -0.129. The van der Waals surface area contributed by atoms with Gasteiger partial charge in [-0.3, -0.25) is 9.80 Å². The molecule has 2 aliphatic rings. The molecule has 1 heterocycles. The zero-order valence-corrected chi connectivity index (χ0v) is 16.9. The highest BCUT2D eigenvalue weighted by molar-refractivity contribution is 6.30. The lowest BCUT2D eigenvalue weighted by Gasteiger charge is -2.40. The minimum atomic E-state index is -1.89. The number of nitrogens with zero attached hydrogens (tertiary/aromatic N) is 5. The molecule has 0 unspecified atom stereocenters. The van der Waals surface area contributed by atoms with Gasteiger partial charge in [-0.2, -0.15) is 15.5 Å². The molecule has 0 radical (unpaired) electrons. The van der Waals surface area contributed by atoms with Gasteiger partial charge in [0.05, 0.1) is 18.2 Å².